The van der Waals surface area contributed by atoms with E-state index >= 15 is 0 Å². The number of nitrogens with one attached hydrogen (secondary N) is 1. The zero-order valence-electron chi connectivity index (χ0n) is 10.3. The van der Waals surface area contributed by atoms with Crippen LogP contribution in [0.3, 0.4) is 0 Å². The fourth-order valence-corrected chi connectivity index (χ4v) is 2.00. The van der Waals surface area contributed by atoms with E-state index in [1.54, 1.807) is 12.1 Å². The van der Waals surface area contributed by atoms with Crippen LogP contribution in [0.25, 0.3) is 0 Å². The molecule has 1 aromatic rings. The lowest BCUT2D eigenvalue weighted by atomic mass is 10.0. The van der Waals surface area contributed by atoms with Gasteiger partial charge in [-0.2, -0.15) is 0 Å². The maximum atomic E-state index is 13.4. The predicted molar refractivity (Wildman–Crippen MR) is 71.4 cm³/mol. The largest absolute Gasteiger partial charge is 0.382 e. The van der Waals surface area contributed by atoms with Crippen molar-refractivity contribution >= 4 is 21.6 Å². The van der Waals surface area contributed by atoms with Crippen LogP contribution in [0.2, 0.25) is 0 Å². The Morgan fingerprint density at radius 3 is 2.56 bits per heavy atom. The van der Waals surface area contributed by atoms with E-state index in [4.69, 9.17) is 0 Å². The van der Waals surface area contributed by atoms with Gasteiger partial charge in [0.25, 0.3) is 0 Å². The molecule has 0 saturated carbocycles. The van der Waals surface area contributed by atoms with E-state index < -0.39 is 0 Å². The molecule has 2 unspecified atom stereocenters. The highest BCUT2D eigenvalue weighted by Gasteiger charge is 2.12. The SMILES string of the molecule is CCC(C)C(C)Nc1cc(F)c(Br)cc1C. The number of anilines is 1. The summed E-state index contributed by atoms with van der Waals surface area (Å²) in [6.45, 7) is 8.48. The molecule has 0 aromatic heterocycles. The Kier molecular flexibility index (Phi) is 4.78. The highest BCUT2D eigenvalue weighted by Crippen LogP contribution is 2.25. The van der Waals surface area contributed by atoms with Crippen molar-refractivity contribution in [3.05, 3.63) is 28.0 Å². The second-order valence-corrected chi connectivity index (χ2v) is 5.25. The van der Waals surface area contributed by atoms with Crippen LogP contribution < -0.4 is 5.32 Å². The highest BCUT2D eigenvalue weighted by atomic mass is 79.9. The van der Waals surface area contributed by atoms with Gasteiger partial charge in [0.1, 0.15) is 5.82 Å². The van der Waals surface area contributed by atoms with Crippen LogP contribution in [0.15, 0.2) is 16.6 Å². The van der Waals surface area contributed by atoms with Crippen molar-refractivity contribution in [3.8, 4) is 0 Å². The van der Waals surface area contributed by atoms with Gasteiger partial charge in [0.2, 0.25) is 0 Å². The average molecular weight is 288 g/mol. The molecular weight excluding hydrogens is 269 g/mol. The summed E-state index contributed by atoms with van der Waals surface area (Å²) >= 11 is 3.19. The number of rotatable bonds is 4. The Hall–Kier alpha value is -0.570. The third-order valence-corrected chi connectivity index (χ3v) is 3.76. The Labute approximate surface area is 106 Å². The molecular formula is C13H19BrFN. The average Bonchev–Trinajstić information content (AvgIpc) is 2.24. The number of hydrogen-bond acceptors (Lipinski definition) is 1. The van der Waals surface area contributed by atoms with E-state index in [1.165, 1.54) is 0 Å². The van der Waals surface area contributed by atoms with E-state index in [9.17, 15) is 4.39 Å². The fourth-order valence-electron chi connectivity index (χ4n) is 1.54. The first kappa shape index (κ1) is 13.5. The van der Waals surface area contributed by atoms with E-state index in [-0.39, 0.29) is 5.82 Å². The van der Waals surface area contributed by atoms with E-state index in [0.29, 0.717) is 16.4 Å². The van der Waals surface area contributed by atoms with Crippen molar-refractivity contribution in [2.75, 3.05) is 5.32 Å². The number of hydrogen-bond donors (Lipinski definition) is 1. The second kappa shape index (κ2) is 5.67. The van der Waals surface area contributed by atoms with Gasteiger partial charge in [0.05, 0.1) is 4.47 Å². The molecule has 90 valence electrons. The molecule has 0 aliphatic rings. The van der Waals surface area contributed by atoms with Gasteiger partial charge in [-0.05, 0) is 53.4 Å². The van der Waals surface area contributed by atoms with Crippen molar-refractivity contribution in [1.82, 2.24) is 0 Å². The van der Waals surface area contributed by atoms with Gasteiger partial charge in [-0.25, -0.2) is 4.39 Å². The van der Waals surface area contributed by atoms with Crippen LogP contribution in [0.4, 0.5) is 10.1 Å². The lowest BCUT2D eigenvalue weighted by molar-refractivity contribution is 0.494. The summed E-state index contributed by atoms with van der Waals surface area (Å²) in [5, 5.41) is 3.37. The van der Waals surface area contributed by atoms with Gasteiger partial charge >= 0.3 is 0 Å². The smallest absolute Gasteiger partial charge is 0.139 e. The predicted octanol–water partition coefficient (Wildman–Crippen LogP) is 4.74. The zero-order valence-corrected chi connectivity index (χ0v) is 11.9. The molecule has 1 aromatic carbocycles. The van der Waals surface area contributed by atoms with Crippen LogP contribution >= 0.6 is 15.9 Å². The van der Waals surface area contributed by atoms with Crippen molar-refractivity contribution in [2.24, 2.45) is 5.92 Å². The molecule has 0 radical (unpaired) electrons. The van der Waals surface area contributed by atoms with Crippen LogP contribution in [0, 0.1) is 18.7 Å². The Morgan fingerprint density at radius 1 is 1.38 bits per heavy atom. The minimum Gasteiger partial charge on any atom is -0.382 e. The van der Waals surface area contributed by atoms with Crippen LogP contribution in [0.5, 0.6) is 0 Å². The quantitative estimate of drug-likeness (QED) is 0.843. The Morgan fingerprint density at radius 2 is 2.00 bits per heavy atom. The molecule has 2 atom stereocenters. The summed E-state index contributed by atoms with van der Waals surface area (Å²) in [6.07, 6.45) is 1.12. The monoisotopic (exact) mass is 287 g/mol. The van der Waals surface area contributed by atoms with E-state index in [2.05, 4.69) is 42.0 Å². The molecule has 0 fully saturated rings. The summed E-state index contributed by atoms with van der Waals surface area (Å²) in [5.74, 6) is 0.357. The van der Waals surface area contributed by atoms with E-state index in [0.717, 1.165) is 17.7 Å². The lowest BCUT2D eigenvalue weighted by Gasteiger charge is -2.22. The molecule has 0 amide bonds. The maximum Gasteiger partial charge on any atom is 0.139 e. The third kappa shape index (κ3) is 3.21. The van der Waals surface area contributed by atoms with Crippen LogP contribution in [-0.2, 0) is 0 Å². The summed E-state index contributed by atoms with van der Waals surface area (Å²) in [7, 11) is 0. The molecule has 16 heavy (non-hydrogen) atoms. The summed E-state index contributed by atoms with van der Waals surface area (Å²) < 4.78 is 13.9. The summed E-state index contributed by atoms with van der Waals surface area (Å²) in [5.41, 5.74) is 1.94. The molecule has 0 aliphatic heterocycles. The lowest BCUT2D eigenvalue weighted by Crippen LogP contribution is -2.23. The van der Waals surface area contributed by atoms with Gasteiger partial charge in [0, 0.05) is 11.7 Å². The van der Waals surface area contributed by atoms with Crippen LogP contribution in [-0.4, -0.2) is 6.04 Å². The molecule has 3 heteroatoms. The second-order valence-electron chi connectivity index (χ2n) is 4.40. The molecule has 1 N–H and O–H groups in total. The van der Waals surface area contributed by atoms with Crippen molar-refractivity contribution in [2.45, 2.75) is 40.2 Å². The summed E-state index contributed by atoms with van der Waals surface area (Å²) in [4.78, 5) is 0. The van der Waals surface area contributed by atoms with Crippen LogP contribution in [0.1, 0.15) is 32.8 Å². The van der Waals surface area contributed by atoms with Gasteiger partial charge in [-0.15, -0.1) is 0 Å². The maximum absolute atomic E-state index is 13.4. The number of benzene rings is 1. The van der Waals surface area contributed by atoms with Crippen molar-refractivity contribution in [3.63, 3.8) is 0 Å². The first-order valence-corrected chi connectivity index (χ1v) is 6.47. The van der Waals surface area contributed by atoms with Gasteiger partial charge in [-0.1, -0.05) is 20.3 Å². The fraction of sp³-hybridized carbons (Fsp3) is 0.538. The third-order valence-electron chi connectivity index (χ3n) is 3.15. The van der Waals surface area contributed by atoms with E-state index in [1.807, 2.05) is 6.92 Å². The molecule has 0 spiro atoms. The highest BCUT2D eigenvalue weighted by molar-refractivity contribution is 9.10. The Balaban J connectivity index is 2.85. The molecule has 1 nitrogen and oxygen atoms in total. The van der Waals surface area contributed by atoms with Gasteiger partial charge in [-0.3, -0.25) is 0 Å². The molecule has 0 heterocycles. The minimum absolute atomic E-state index is 0.218. The molecule has 0 saturated heterocycles. The molecule has 0 aliphatic carbocycles. The number of halogens is 2. The van der Waals surface area contributed by atoms with Gasteiger partial charge in [0.15, 0.2) is 0 Å². The summed E-state index contributed by atoms with van der Waals surface area (Å²) in [6, 6.07) is 3.71. The first-order chi connectivity index (χ1) is 7.45. The van der Waals surface area contributed by atoms with Gasteiger partial charge < -0.3 is 5.32 Å². The minimum atomic E-state index is -0.218. The topological polar surface area (TPSA) is 12.0 Å². The normalized spacial score (nSPS) is 14.6. The van der Waals surface area contributed by atoms with Crippen molar-refractivity contribution in [1.29, 1.82) is 0 Å². The zero-order chi connectivity index (χ0) is 12.3. The standard InChI is InChI=1S/C13H19BrFN/c1-5-8(2)10(4)16-13-7-12(15)11(14)6-9(13)3/h6-8,10,16H,5H2,1-4H3. The number of aryl methyl sites for hydroxylation is 1. The first-order valence-electron chi connectivity index (χ1n) is 5.67. The molecule has 0 bridgehead atoms. The Bertz CT molecular complexity index is 365. The van der Waals surface area contributed by atoms with Crippen molar-refractivity contribution < 1.29 is 4.39 Å². The molecule has 1 rings (SSSR count).